The third kappa shape index (κ3) is 5.89. The topological polar surface area (TPSA) is 72.3 Å². The first kappa shape index (κ1) is 24.8. The van der Waals surface area contributed by atoms with E-state index in [4.69, 9.17) is 9.72 Å². The van der Waals surface area contributed by atoms with Gasteiger partial charge in [0.15, 0.2) is 0 Å². The van der Waals surface area contributed by atoms with Gasteiger partial charge in [-0.2, -0.15) is 5.10 Å². The summed E-state index contributed by atoms with van der Waals surface area (Å²) in [5.41, 5.74) is 4.16. The molecule has 1 saturated carbocycles. The van der Waals surface area contributed by atoms with Crippen LogP contribution in [0.1, 0.15) is 67.6 Å². The summed E-state index contributed by atoms with van der Waals surface area (Å²) in [6.45, 7) is 7.40. The van der Waals surface area contributed by atoms with E-state index in [1.54, 1.807) is 4.68 Å². The van der Waals surface area contributed by atoms with E-state index < -0.39 is 0 Å². The summed E-state index contributed by atoms with van der Waals surface area (Å²) in [4.78, 5) is 20.4. The van der Waals surface area contributed by atoms with E-state index in [2.05, 4.69) is 21.4 Å². The predicted molar refractivity (Wildman–Crippen MR) is 142 cm³/mol. The molecule has 7 nitrogen and oxygen atoms in total. The zero-order valence-electron chi connectivity index (χ0n) is 21.9. The van der Waals surface area contributed by atoms with E-state index in [9.17, 15) is 4.79 Å². The van der Waals surface area contributed by atoms with E-state index in [-0.39, 0.29) is 18.1 Å². The van der Waals surface area contributed by atoms with Crippen molar-refractivity contribution < 1.29 is 9.53 Å². The average molecular weight is 490 g/mol. The Morgan fingerprint density at radius 3 is 2.72 bits per heavy atom. The second-order valence-corrected chi connectivity index (χ2v) is 10.8. The fraction of sp³-hybridized carbons (Fsp3) is 0.552. The molecule has 0 unspecified atom stereocenters. The van der Waals surface area contributed by atoms with Crippen molar-refractivity contribution in [1.82, 2.24) is 25.0 Å². The highest BCUT2D eigenvalue weighted by Crippen LogP contribution is 2.28. The average Bonchev–Trinajstić information content (AvgIpc) is 3.13. The lowest BCUT2D eigenvalue weighted by molar-refractivity contribution is 0.0921. The van der Waals surface area contributed by atoms with Crippen molar-refractivity contribution >= 4 is 16.8 Å². The van der Waals surface area contributed by atoms with Gasteiger partial charge < -0.3 is 15.0 Å². The summed E-state index contributed by atoms with van der Waals surface area (Å²) < 4.78 is 7.57. The minimum Gasteiger partial charge on any atom is -0.475 e. The number of hydrogen-bond donors (Lipinski definition) is 1. The van der Waals surface area contributed by atoms with Crippen molar-refractivity contribution in [3.8, 4) is 5.88 Å². The molecular weight excluding hydrogens is 450 g/mol. The number of amides is 1. The lowest BCUT2D eigenvalue weighted by atomic mass is 9.84. The van der Waals surface area contributed by atoms with Gasteiger partial charge >= 0.3 is 0 Å². The number of aromatic nitrogens is 3. The zero-order chi connectivity index (χ0) is 25.1. The van der Waals surface area contributed by atoms with Gasteiger partial charge in [0.1, 0.15) is 0 Å². The number of rotatable bonds is 7. The minimum absolute atomic E-state index is 0.0248. The Morgan fingerprint density at radius 2 is 1.92 bits per heavy atom. The molecule has 0 spiro atoms. The quantitative estimate of drug-likeness (QED) is 0.528. The van der Waals surface area contributed by atoms with Crippen LogP contribution in [-0.2, 0) is 19.9 Å². The monoisotopic (exact) mass is 489 g/mol. The van der Waals surface area contributed by atoms with E-state index in [1.807, 2.05) is 51.4 Å². The Bertz CT molecular complexity index is 1200. The SMILES string of the molecule is CC(C)Oc1ccc2c(n1)CCN(CC[C@H]1CC[C@H](NC(=O)c3cccc4nn(C)cc34)CC1)CC2. The molecule has 0 bridgehead atoms. The smallest absolute Gasteiger partial charge is 0.252 e. The predicted octanol–water partition coefficient (Wildman–Crippen LogP) is 4.54. The van der Waals surface area contributed by atoms with E-state index >= 15 is 0 Å². The Labute approximate surface area is 214 Å². The third-order valence-electron chi connectivity index (χ3n) is 7.71. The molecule has 2 aliphatic rings. The van der Waals surface area contributed by atoms with Crippen molar-refractivity contribution in [2.24, 2.45) is 13.0 Å². The van der Waals surface area contributed by atoms with Gasteiger partial charge in [0.2, 0.25) is 5.88 Å². The Balaban J connectivity index is 1.07. The highest BCUT2D eigenvalue weighted by molar-refractivity contribution is 6.06. The van der Waals surface area contributed by atoms with Crippen LogP contribution in [0.5, 0.6) is 5.88 Å². The van der Waals surface area contributed by atoms with Gasteiger partial charge in [0, 0.05) is 55.9 Å². The highest BCUT2D eigenvalue weighted by Gasteiger charge is 2.24. The summed E-state index contributed by atoms with van der Waals surface area (Å²) in [5.74, 6) is 1.52. The van der Waals surface area contributed by atoms with E-state index in [1.165, 1.54) is 30.5 Å². The number of ether oxygens (including phenoxy) is 1. The molecule has 7 heteroatoms. The summed E-state index contributed by atoms with van der Waals surface area (Å²) in [6.07, 6.45) is 9.87. The second kappa shape index (κ2) is 11.0. The van der Waals surface area contributed by atoms with Crippen molar-refractivity contribution in [2.75, 3.05) is 19.6 Å². The fourth-order valence-corrected chi connectivity index (χ4v) is 5.72. The molecule has 1 aliphatic carbocycles. The van der Waals surface area contributed by atoms with Gasteiger partial charge in [-0.05, 0) is 82.5 Å². The molecule has 2 aromatic heterocycles. The number of hydrogen-bond acceptors (Lipinski definition) is 5. The molecule has 0 saturated heterocycles. The van der Waals surface area contributed by atoms with E-state index in [0.717, 1.165) is 73.6 Å². The molecular formula is C29H39N5O2. The van der Waals surface area contributed by atoms with Crippen LogP contribution in [0.25, 0.3) is 10.9 Å². The number of nitrogens with zero attached hydrogens (tertiary/aromatic N) is 4. The molecule has 5 rings (SSSR count). The normalized spacial score (nSPS) is 20.8. The second-order valence-electron chi connectivity index (χ2n) is 10.8. The number of carbonyl (C=O) groups is 1. The third-order valence-corrected chi connectivity index (χ3v) is 7.71. The van der Waals surface area contributed by atoms with Crippen LogP contribution in [-0.4, -0.2) is 57.4 Å². The fourth-order valence-electron chi connectivity index (χ4n) is 5.72. The molecule has 1 amide bonds. The molecule has 0 atom stereocenters. The van der Waals surface area contributed by atoms with Crippen LogP contribution >= 0.6 is 0 Å². The van der Waals surface area contributed by atoms with Crippen molar-refractivity contribution in [2.45, 2.75) is 70.9 Å². The van der Waals surface area contributed by atoms with Gasteiger partial charge in [-0.25, -0.2) is 4.98 Å². The van der Waals surface area contributed by atoms with Gasteiger partial charge in [-0.15, -0.1) is 0 Å². The number of aryl methyl sites for hydroxylation is 1. The number of benzene rings is 1. The first-order valence-electron chi connectivity index (χ1n) is 13.6. The lowest BCUT2D eigenvalue weighted by Crippen LogP contribution is -2.38. The van der Waals surface area contributed by atoms with Crippen LogP contribution in [0.15, 0.2) is 36.5 Å². The number of fused-ring (bicyclic) bond motifs is 2. The number of carbonyl (C=O) groups excluding carboxylic acids is 1. The molecule has 192 valence electrons. The molecule has 3 heterocycles. The summed E-state index contributed by atoms with van der Waals surface area (Å²) in [5, 5.41) is 8.64. The summed E-state index contributed by atoms with van der Waals surface area (Å²) >= 11 is 0. The maximum Gasteiger partial charge on any atom is 0.252 e. The maximum atomic E-state index is 13.0. The zero-order valence-corrected chi connectivity index (χ0v) is 21.9. The molecule has 1 fully saturated rings. The summed E-state index contributed by atoms with van der Waals surface area (Å²) in [7, 11) is 1.89. The molecule has 1 aromatic carbocycles. The van der Waals surface area contributed by atoms with Crippen LogP contribution in [0.4, 0.5) is 0 Å². The number of nitrogens with one attached hydrogen (secondary N) is 1. The molecule has 1 N–H and O–H groups in total. The summed E-state index contributed by atoms with van der Waals surface area (Å²) in [6, 6.07) is 10.3. The minimum atomic E-state index is 0.0248. The number of pyridine rings is 1. The Hall–Kier alpha value is -2.93. The van der Waals surface area contributed by atoms with Crippen molar-refractivity contribution in [1.29, 1.82) is 0 Å². The highest BCUT2D eigenvalue weighted by atomic mass is 16.5. The Kier molecular flexibility index (Phi) is 7.56. The van der Waals surface area contributed by atoms with Gasteiger partial charge in [0.25, 0.3) is 5.91 Å². The standard InChI is InChI=1S/C29H39N5O2/c1-20(2)36-28-12-9-22-14-17-34(18-15-26(22)31-28)16-13-21-7-10-23(11-8-21)30-29(35)24-5-4-6-27-25(24)19-33(3)32-27/h4-6,9,12,19-21,23H,7-8,10-11,13-18H2,1-3H3,(H,30,35)/t21-,23-. The van der Waals surface area contributed by atoms with Crippen LogP contribution in [0, 0.1) is 5.92 Å². The van der Waals surface area contributed by atoms with E-state index in [0.29, 0.717) is 0 Å². The lowest BCUT2D eigenvalue weighted by Gasteiger charge is -2.30. The first-order chi connectivity index (χ1) is 17.4. The molecule has 1 aliphatic heterocycles. The maximum absolute atomic E-state index is 13.0. The first-order valence-corrected chi connectivity index (χ1v) is 13.6. The van der Waals surface area contributed by atoms with Crippen molar-refractivity contribution in [3.05, 3.63) is 53.3 Å². The Morgan fingerprint density at radius 1 is 1.11 bits per heavy atom. The van der Waals surface area contributed by atoms with Crippen LogP contribution in [0.3, 0.4) is 0 Å². The van der Waals surface area contributed by atoms with Gasteiger partial charge in [-0.3, -0.25) is 9.48 Å². The largest absolute Gasteiger partial charge is 0.475 e. The molecule has 36 heavy (non-hydrogen) atoms. The molecule has 0 radical (unpaired) electrons. The molecule has 3 aromatic rings. The van der Waals surface area contributed by atoms with Gasteiger partial charge in [-0.1, -0.05) is 12.1 Å². The van der Waals surface area contributed by atoms with Crippen LogP contribution < -0.4 is 10.1 Å². The van der Waals surface area contributed by atoms with Crippen LogP contribution in [0.2, 0.25) is 0 Å². The van der Waals surface area contributed by atoms with Gasteiger partial charge in [0.05, 0.1) is 17.2 Å². The van der Waals surface area contributed by atoms with Crippen molar-refractivity contribution in [3.63, 3.8) is 0 Å².